The monoisotopic (exact) mass is 569 g/mol. The molecule has 9 heteroatoms. The summed E-state index contributed by atoms with van der Waals surface area (Å²) in [7, 11) is 0. The third-order valence-electron chi connectivity index (χ3n) is 6.15. The molecular weight excluding hydrogens is 533 g/mol. The number of piperidine rings is 1. The molecule has 1 atom stereocenters. The number of nitrogens with one attached hydrogen (secondary N) is 1. The summed E-state index contributed by atoms with van der Waals surface area (Å²) in [6, 6.07) is 8.05. The van der Waals surface area contributed by atoms with Crippen LogP contribution in [0.4, 0.5) is 4.79 Å². The Morgan fingerprint density at radius 2 is 1.73 bits per heavy atom. The molecule has 2 saturated heterocycles. The highest BCUT2D eigenvalue weighted by molar-refractivity contribution is 14.0. The third-order valence-corrected chi connectivity index (χ3v) is 6.15. The van der Waals surface area contributed by atoms with Crippen LogP contribution in [0.5, 0.6) is 0 Å². The fourth-order valence-corrected chi connectivity index (χ4v) is 4.45. The number of piperazine rings is 1. The molecule has 0 radical (unpaired) electrons. The van der Waals surface area contributed by atoms with Crippen LogP contribution in [-0.4, -0.2) is 83.6 Å². The summed E-state index contributed by atoms with van der Waals surface area (Å²) in [5.74, 6) is 1.02. The molecule has 1 unspecified atom stereocenters. The van der Waals surface area contributed by atoms with Crippen molar-refractivity contribution in [3.05, 3.63) is 35.4 Å². The molecule has 1 aromatic carbocycles. The first-order valence-electron chi connectivity index (χ1n) is 11.7. The van der Waals surface area contributed by atoms with E-state index in [4.69, 9.17) is 4.74 Å². The molecule has 3 aliphatic rings. The number of benzene rings is 1. The number of hydrogen-bond acceptors (Lipinski definition) is 6. The maximum absolute atomic E-state index is 12.6. The van der Waals surface area contributed by atoms with E-state index in [1.165, 1.54) is 6.42 Å². The molecule has 0 spiro atoms. The SMILES string of the molecule is CC(C)(C)OC(=O)N1CCN2C(NCc3ccc(C(=O)N4CCCCC4)cc3)=NCC2C1.I. The van der Waals surface area contributed by atoms with Gasteiger partial charge >= 0.3 is 6.09 Å². The number of halogens is 1. The Bertz CT molecular complexity index is 862. The third kappa shape index (κ3) is 6.51. The number of aliphatic imine (C=N–C) groups is 1. The molecule has 33 heavy (non-hydrogen) atoms. The zero-order valence-electron chi connectivity index (χ0n) is 19.9. The smallest absolute Gasteiger partial charge is 0.410 e. The van der Waals surface area contributed by atoms with Crippen LogP contribution in [-0.2, 0) is 11.3 Å². The molecule has 0 aliphatic carbocycles. The van der Waals surface area contributed by atoms with Crippen LogP contribution in [0.15, 0.2) is 29.3 Å². The lowest BCUT2D eigenvalue weighted by Gasteiger charge is -2.39. The molecule has 3 aliphatic heterocycles. The molecule has 0 bridgehead atoms. The maximum atomic E-state index is 12.6. The fourth-order valence-electron chi connectivity index (χ4n) is 4.45. The zero-order valence-corrected chi connectivity index (χ0v) is 22.2. The van der Waals surface area contributed by atoms with Crippen molar-refractivity contribution < 1.29 is 14.3 Å². The number of nitrogens with zero attached hydrogens (tertiary/aromatic N) is 4. The highest BCUT2D eigenvalue weighted by Gasteiger charge is 2.36. The van der Waals surface area contributed by atoms with E-state index in [9.17, 15) is 9.59 Å². The minimum Gasteiger partial charge on any atom is -0.444 e. The van der Waals surface area contributed by atoms with Gasteiger partial charge in [-0.2, -0.15) is 0 Å². The maximum Gasteiger partial charge on any atom is 0.410 e. The van der Waals surface area contributed by atoms with Crippen molar-refractivity contribution in [2.75, 3.05) is 39.3 Å². The van der Waals surface area contributed by atoms with Crippen LogP contribution >= 0.6 is 24.0 Å². The second kappa shape index (κ2) is 10.9. The second-order valence-corrected chi connectivity index (χ2v) is 9.84. The van der Waals surface area contributed by atoms with Crippen molar-refractivity contribution in [3.8, 4) is 0 Å². The van der Waals surface area contributed by atoms with Gasteiger partial charge in [-0.3, -0.25) is 9.79 Å². The standard InChI is InChI=1S/C24H35N5O3.HI/c1-24(2,3)32-23(31)28-13-14-29-20(17-28)16-26-22(29)25-15-18-7-9-19(10-8-18)21(30)27-11-5-4-6-12-27;/h7-10,20H,4-6,11-17H2,1-3H3,(H,25,26);1H. The molecule has 0 saturated carbocycles. The molecule has 4 rings (SSSR count). The minimum atomic E-state index is -0.485. The Labute approximate surface area is 213 Å². The van der Waals surface area contributed by atoms with Gasteiger partial charge in [-0.05, 0) is 57.7 Å². The van der Waals surface area contributed by atoms with Gasteiger partial charge in [-0.25, -0.2) is 4.79 Å². The summed E-state index contributed by atoms with van der Waals surface area (Å²) in [6.45, 7) is 10.7. The number of likely N-dealkylation sites (tertiary alicyclic amines) is 1. The van der Waals surface area contributed by atoms with E-state index in [-0.39, 0.29) is 42.0 Å². The van der Waals surface area contributed by atoms with Crippen molar-refractivity contribution in [3.63, 3.8) is 0 Å². The molecular formula is C24H36IN5O3. The van der Waals surface area contributed by atoms with Crippen LogP contribution in [0.2, 0.25) is 0 Å². The molecule has 182 valence electrons. The molecule has 1 N–H and O–H groups in total. The summed E-state index contributed by atoms with van der Waals surface area (Å²) in [4.78, 5) is 35.7. The number of guanidine groups is 1. The highest BCUT2D eigenvalue weighted by atomic mass is 127. The summed E-state index contributed by atoms with van der Waals surface area (Å²) in [6.07, 6.45) is 3.17. The van der Waals surface area contributed by atoms with Gasteiger partial charge in [0, 0.05) is 44.8 Å². The predicted molar refractivity (Wildman–Crippen MR) is 139 cm³/mol. The van der Waals surface area contributed by atoms with Gasteiger partial charge in [0.05, 0.1) is 12.6 Å². The van der Waals surface area contributed by atoms with E-state index in [0.29, 0.717) is 26.2 Å². The lowest BCUT2D eigenvalue weighted by Crippen LogP contribution is -2.57. The van der Waals surface area contributed by atoms with E-state index in [2.05, 4.69) is 15.2 Å². The van der Waals surface area contributed by atoms with Gasteiger partial charge < -0.3 is 24.8 Å². The first-order valence-corrected chi connectivity index (χ1v) is 11.7. The lowest BCUT2D eigenvalue weighted by atomic mass is 10.1. The Kier molecular flexibility index (Phi) is 8.47. The first-order chi connectivity index (χ1) is 15.3. The number of carbonyl (C=O) groups is 2. The summed E-state index contributed by atoms with van der Waals surface area (Å²) < 4.78 is 5.51. The highest BCUT2D eigenvalue weighted by Crippen LogP contribution is 2.19. The zero-order chi connectivity index (χ0) is 22.7. The Balaban J connectivity index is 0.00000306. The van der Waals surface area contributed by atoms with E-state index in [1.54, 1.807) is 4.90 Å². The molecule has 3 heterocycles. The van der Waals surface area contributed by atoms with E-state index in [0.717, 1.165) is 49.6 Å². The lowest BCUT2D eigenvalue weighted by molar-refractivity contribution is 0.0137. The largest absolute Gasteiger partial charge is 0.444 e. The Hall–Kier alpha value is -2.04. The van der Waals surface area contributed by atoms with Gasteiger partial charge in [0.25, 0.3) is 5.91 Å². The van der Waals surface area contributed by atoms with E-state index < -0.39 is 5.60 Å². The van der Waals surface area contributed by atoms with Crippen molar-refractivity contribution in [1.82, 2.24) is 20.0 Å². The number of amides is 2. The number of ether oxygens (including phenoxy) is 1. The van der Waals surface area contributed by atoms with Crippen LogP contribution in [0.25, 0.3) is 0 Å². The minimum absolute atomic E-state index is 0. The van der Waals surface area contributed by atoms with E-state index in [1.807, 2.05) is 49.9 Å². The number of hydrogen-bond donors (Lipinski definition) is 1. The van der Waals surface area contributed by atoms with Crippen LogP contribution < -0.4 is 5.32 Å². The normalized spacial score (nSPS) is 20.5. The van der Waals surface area contributed by atoms with Gasteiger partial charge in [-0.15, -0.1) is 24.0 Å². The fraction of sp³-hybridized carbons (Fsp3) is 0.625. The van der Waals surface area contributed by atoms with Crippen LogP contribution in [0, 0.1) is 0 Å². The number of fused-ring (bicyclic) bond motifs is 1. The molecule has 2 amide bonds. The molecule has 8 nitrogen and oxygen atoms in total. The summed E-state index contributed by atoms with van der Waals surface area (Å²) in [5, 5.41) is 3.44. The van der Waals surface area contributed by atoms with Crippen LogP contribution in [0.3, 0.4) is 0 Å². The van der Waals surface area contributed by atoms with Crippen molar-refractivity contribution in [2.45, 2.75) is 58.2 Å². The average molecular weight is 569 g/mol. The van der Waals surface area contributed by atoms with Gasteiger partial charge in [0.2, 0.25) is 0 Å². The second-order valence-electron chi connectivity index (χ2n) is 9.84. The first kappa shape index (κ1) is 25.6. The predicted octanol–water partition coefficient (Wildman–Crippen LogP) is 3.31. The summed E-state index contributed by atoms with van der Waals surface area (Å²) >= 11 is 0. The topological polar surface area (TPSA) is 77.5 Å². The van der Waals surface area contributed by atoms with E-state index >= 15 is 0 Å². The average Bonchev–Trinajstić information content (AvgIpc) is 3.19. The molecule has 0 aromatic heterocycles. The van der Waals surface area contributed by atoms with Gasteiger partial charge in [0.1, 0.15) is 5.60 Å². The summed E-state index contributed by atoms with van der Waals surface area (Å²) in [5.41, 5.74) is 1.38. The van der Waals surface area contributed by atoms with Gasteiger partial charge in [-0.1, -0.05) is 12.1 Å². The molecule has 1 aromatic rings. The Morgan fingerprint density at radius 1 is 1.03 bits per heavy atom. The number of rotatable bonds is 3. The van der Waals surface area contributed by atoms with Crippen molar-refractivity contribution in [1.29, 1.82) is 0 Å². The molecule has 2 fully saturated rings. The van der Waals surface area contributed by atoms with Crippen molar-refractivity contribution >= 4 is 41.9 Å². The van der Waals surface area contributed by atoms with Crippen LogP contribution in [0.1, 0.15) is 56.0 Å². The quantitative estimate of drug-likeness (QED) is 0.566. The van der Waals surface area contributed by atoms with Gasteiger partial charge in [0.15, 0.2) is 5.96 Å². The van der Waals surface area contributed by atoms with Crippen molar-refractivity contribution in [2.24, 2.45) is 4.99 Å². The number of carbonyl (C=O) groups excluding carboxylic acids is 2. The Morgan fingerprint density at radius 3 is 2.39 bits per heavy atom.